The number of benzene rings is 2. The maximum absolute atomic E-state index is 15.5. The molecule has 3 amide bonds. The molecule has 2 aromatic rings. The minimum absolute atomic E-state index is 0.00466. The lowest BCUT2D eigenvalue weighted by molar-refractivity contribution is -0.199. The molecule has 3 saturated carbocycles. The smallest absolute Gasteiger partial charge is 0.482 e. The molecule has 3 aliphatic carbocycles. The number of rotatable bonds is 8. The summed E-state index contributed by atoms with van der Waals surface area (Å²) < 4.78 is 36.8. The zero-order valence-electron chi connectivity index (χ0n) is 34.7. The van der Waals surface area contributed by atoms with Crippen LogP contribution in [0.4, 0.5) is 15.3 Å². The molecule has 0 N–H and O–H groups in total. The van der Waals surface area contributed by atoms with Crippen molar-refractivity contribution in [3.63, 3.8) is 0 Å². The monoisotopic (exact) mass is 775 g/mol. The summed E-state index contributed by atoms with van der Waals surface area (Å²) in [5.74, 6) is -1.12. The number of ether oxygens (including phenoxy) is 4. The van der Waals surface area contributed by atoms with Crippen LogP contribution in [0.5, 0.6) is 5.75 Å². The molecule has 6 unspecified atom stereocenters. The maximum Gasteiger partial charge on any atom is 0.482 e. The predicted octanol–water partition coefficient (Wildman–Crippen LogP) is 6.90. The van der Waals surface area contributed by atoms with Crippen molar-refractivity contribution in [1.82, 2.24) is 9.80 Å². The van der Waals surface area contributed by atoms with Crippen LogP contribution in [-0.2, 0) is 34.9 Å². The minimum Gasteiger partial charge on any atom is -0.494 e. The Bertz CT molecular complexity index is 1810. The summed E-state index contributed by atoms with van der Waals surface area (Å²) in [5.41, 5.74) is -0.961. The summed E-state index contributed by atoms with van der Waals surface area (Å²) in [4.78, 5) is 60.8. The number of carbonyl (C=O) groups is 4. The fourth-order valence-electron chi connectivity index (χ4n) is 8.86. The van der Waals surface area contributed by atoms with Gasteiger partial charge in [-0.1, -0.05) is 50.2 Å². The predicted molar refractivity (Wildman–Crippen MR) is 210 cm³/mol. The van der Waals surface area contributed by atoms with Crippen molar-refractivity contribution in [3.8, 4) is 5.75 Å². The number of nitrogens with zero attached hydrogens (tertiary/aromatic N) is 3. The highest BCUT2D eigenvalue weighted by molar-refractivity contribution is 6.49. The number of amides is 3. The van der Waals surface area contributed by atoms with Crippen LogP contribution in [0.1, 0.15) is 98.0 Å². The first kappa shape index (κ1) is 41.3. The SMILES string of the molecule is COc1c(C(=O)OC(C)(C)C)cccc1N(C(=O)C1CN(C(=O)OC(C)(C)C)CCN1C(=O)OCc1ccccc1)C(C)B1OC2CC3CC(C3(C)C)C2(C)O1. The largest absolute Gasteiger partial charge is 0.494 e. The zero-order chi connectivity index (χ0) is 41.0. The third-order valence-electron chi connectivity index (χ3n) is 11.8. The molecule has 5 fully saturated rings. The number of anilines is 1. The van der Waals surface area contributed by atoms with E-state index >= 15 is 4.79 Å². The lowest BCUT2D eigenvalue weighted by Crippen LogP contribution is -2.65. The Morgan fingerprint density at radius 1 is 0.911 bits per heavy atom. The molecule has 2 aliphatic heterocycles. The van der Waals surface area contributed by atoms with Gasteiger partial charge in [0.25, 0.3) is 5.91 Å². The number of piperazine rings is 1. The number of hydrogen-bond donors (Lipinski definition) is 0. The lowest BCUT2D eigenvalue weighted by Gasteiger charge is -2.64. The highest BCUT2D eigenvalue weighted by atomic mass is 16.7. The summed E-state index contributed by atoms with van der Waals surface area (Å²) in [7, 11) is 0.550. The fraction of sp³-hybridized carbons (Fsp3) is 0.619. The molecule has 2 aromatic carbocycles. The van der Waals surface area contributed by atoms with E-state index in [-0.39, 0.29) is 60.7 Å². The van der Waals surface area contributed by atoms with Gasteiger partial charge in [-0.15, -0.1) is 0 Å². The van der Waals surface area contributed by atoms with E-state index in [1.807, 2.05) is 37.3 Å². The fourth-order valence-corrected chi connectivity index (χ4v) is 8.86. The molecule has 0 radical (unpaired) electrons. The molecule has 13 nitrogen and oxygen atoms in total. The van der Waals surface area contributed by atoms with E-state index in [0.29, 0.717) is 5.92 Å². The van der Waals surface area contributed by atoms with Crippen molar-refractivity contribution >= 4 is 36.9 Å². The molecule has 2 saturated heterocycles. The van der Waals surface area contributed by atoms with Crippen molar-refractivity contribution in [2.24, 2.45) is 17.3 Å². The number of hydrogen-bond acceptors (Lipinski definition) is 10. The number of para-hydroxylation sites is 1. The topological polar surface area (TPSA) is 133 Å². The second kappa shape index (κ2) is 15.2. The second-order valence-electron chi connectivity index (χ2n) is 18.3. The highest BCUT2D eigenvalue weighted by Crippen LogP contribution is 2.66. The van der Waals surface area contributed by atoms with Gasteiger partial charge >= 0.3 is 25.3 Å². The molecule has 2 heterocycles. The Morgan fingerprint density at radius 2 is 1.59 bits per heavy atom. The van der Waals surface area contributed by atoms with Crippen LogP contribution >= 0.6 is 0 Å². The number of carbonyl (C=O) groups excluding carboxylic acids is 4. The standard InChI is InChI=1S/C42H58BN3O10/c1-26(43-55-33-23-28-22-32(41(28,8)9)42(33,10)56-43)46(30-19-15-18-29(34(30)51-11)36(48)53-39(2,3)4)35(47)31-24-44(37(49)54-40(5,6)7)20-21-45(31)38(50)52-25-27-16-13-12-14-17-27/h12-19,26,28,31-33H,20-25H2,1-11H3. The van der Waals surface area contributed by atoms with Crippen LogP contribution in [0.3, 0.4) is 0 Å². The summed E-state index contributed by atoms with van der Waals surface area (Å²) in [5, 5.41) is 0. The summed E-state index contributed by atoms with van der Waals surface area (Å²) in [6.45, 7) is 19.0. The third-order valence-corrected chi connectivity index (χ3v) is 11.8. The van der Waals surface area contributed by atoms with Crippen LogP contribution in [0, 0.1) is 17.3 Å². The van der Waals surface area contributed by atoms with E-state index in [2.05, 4.69) is 20.8 Å². The third kappa shape index (κ3) is 8.09. The van der Waals surface area contributed by atoms with E-state index in [9.17, 15) is 14.4 Å². The van der Waals surface area contributed by atoms with Crippen LogP contribution in [0.15, 0.2) is 48.5 Å². The molecule has 6 atom stereocenters. The number of methoxy groups -OCH3 is 1. The Kier molecular flexibility index (Phi) is 11.2. The van der Waals surface area contributed by atoms with Crippen molar-refractivity contribution < 1.29 is 47.4 Å². The summed E-state index contributed by atoms with van der Waals surface area (Å²) >= 11 is 0. The Hall–Kier alpha value is -4.30. The van der Waals surface area contributed by atoms with Crippen molar-refractivity contribution in [1.29, 1.82) is 0 Å². The maximum atomic E-state index is 15.5. The Morgan fingerprint density at radius 3 is 2.21 bits per heavy atom. The van der Waals surface area contributed by atoms with Crippen LogP contribution < -0.4 is 9.64 Å². The average molecular weight is 776 g/mol. The molecular formula is C42H58BN3O10. The molecule has 5 aliphatic rings. The second-order valence-corrected chi connectivity index (χ2v) is 18.3. The van der Waals surface area contributed by atoms with Crippen molar-refractivity contribution in [2.75, 3.05) is 31.6 Å². The Balaban J connectivity index is 1.40. The van der Waals surface area contributed by atoms with E-state index in [0.717, 1.165) is 18.4 Å². The molecule has 56 heavy (non-hydrogen) atoms. The molecule has 304 valence electrons. The Labute approximate surface area is 331 Å². The molecular weight excluding hydrogens is 717 g/mol. The van der Waals surface area contributed by atoms with Gasteiger partial charge in [-0.25, -0.2) is 14.4 Å². The molecule has 14 heteroatoms. The van der Waals surface area contributed by atoms with Crippen LogP contribution in [0.25, 0.3) is 0 Å². The van der Waals surface area contributed by atoms with Gasteiger partial charge in [-0.05, 0) is 103 Å². The number of esters is 1. The zero-order valence-corrected chi connectivity index (χ0v) is 34.7. The summed E-state index contributed by atoms with van der Waals surface area (Å²) in [6.07, 6.45) is 0.371. The van der Waals surface area contributed by atoms with Gasteiger partial charge in [0.15, 0.2) is 5.75 Å². The molecule has 7 rings (SSSR count). The quantitative estimate of drug-likeness (QED) is 0.159. The lowest BCUT2D eigenvalue weighted by atomic mass is 9.43. The van der Waals surface area contributed by atoms with Gasteiger partial charge in [0, 0.05) is 13.1 Å². The van der Waals surface area contributed by atoms with Gasteiger partial charge in [0.2, 0.25) is 0 Å². The first-order valence-corrected chi connectivity index (χ1v) is 19.7. The average Bonchev–Trinajstić information content (AvgIpc) is 3.50. The van der Waals surface area contributed by atoms with E-state index in [1.165, 1.54) is 21.8 Å². The first-order valence-electron chi connectivity index (χ1n) is 19.7. The summed E-state index contributed by atoms with van der Waals surface area (Å²) in [6, 6.07) is 12.9. The van der Waals surface area contributed by atoms with Crippen molar-refractivity contribution in [3.05, 3.63) is 59.7 Å². The minimum atomic E-state index is -1.23. The van der Waals surface area contributed by atoms with Crippen LogP contribution in [-0.4, -0.2) is 103 Å². The van der Waals surface area contributed by atoms with E-state index in [4.69, 9.17) is 28.3 Å². The molecule has 2 bridgehead atoms. The highest BCUT2D eigenvalue weighted by Gasteiger charge is 2.68. The van der Waals surface area contributed by atoms with Gasteiger partial charge in [-0.2, -0.15) is 0 Å². The first-order chi connectivity index (χ1) is 26.1. The van der Waals surface area contributed by atoms with E-state index in [1.54, 1.807) is 59.7 Å². The molecule has 0 spiro atoms. The van der Waals surface area contributed by atoms with Gasteiger partial charge in [-0.3, -0.25) is 9.69 Å². The van der Waals surface area contributed by atoms with Crippen molar-refractivity contribution in [2.45, 2.75) is 124 Å². The van der Waals surface area contributed by atoms with Crippen LogP contribution in [0.2, 0.25) is 0 Å². The van der Waals surface area contributed by atoms with Gasteiger partial charge in [0.1, 0.15) is 29.4 Å². The van der Waals surface area contributed by atoms with Gasteiger partial charge in [0.05, 0.1) is 37.0 Å². The molecule has 0 aromatic heterocycles. The van der Waals surface area contributed by atoms with Gasteiger partial charge < -0.3 is 38.1 Å². The normalized spacial score (nSPS) is 26.0. The van der Waals surface area contributed by atoms with E-state index < -0.39 is 60.0 Å².